The van der Waals surface area contributed by atoms with Crippen molar-refractivity contribution in [3.63, 3.8) is 0 Å². The highest BCUT2D eigenvalue weighted by Crippen LogP contribution is 2.21. The van der Waals surface area contributed by atoms with Crippen molar-refractivity contribution < 1.29 is 27.5 Å². The number of sulfone groups is 1. The summed E-state index contributed by atoms with van der Waals surface area (Å²) in [4.78, 5) is 36.8. The fourth-order valence-electron chi connectivity index (χ4n) is 2.63. The number of ether oxygens (including phenoxy) is 1. The zero-order valence-electron chi connectivity index (χ0n) is 14.7. The number of carbonyl (C=O) groups is 3. The summed E-state index contributed by atoms with van der Waals surface area (Å²) in [6.45, 7) is -0.448. The van der Waals surface area contributed by atoms with Crippen molar-refractivity contribution in [2.24, 2.45) is 5.92 Å². The van der Waals surface area contributed by atoms with Crippen molar-refractivity contribution in [1.29, 1.82) is 0 Å². The second kappa shape index (κ2) is 8.31. The molecule has 2 rings (SSSR count). The Morgan fingerprint density at radius 2 is 1.85 bits per heavy atom. The van der Waals surface area contributed by atoms with Gasteiger partial charge in [0.05, 0.1) is 11.5 Å². The Bertz CT molecular complexity index is 786. The number of nitrogens with one attached hydrogen (secondary N) is 1. The van der Waals surface area contributed by atoms with Gasteiger partial charge in [0.2, 0.25) is 0 Å². The monoisotopic (exact) mass is 382 g/mol. The second-order valence-corrected chi connectivity index (χ2v) is 8.69. The van der Waals surface area contributed by atoms with Crippen LogP contribution in [0, 0.1) is 5.92 Å². The molecular weight excluding hydrogens is 360 g/mol. The van der Waals surface area contributed by atoms with Gasteiger partial charge in [-0.1, -0.05) is 0 Å². The lowest BCUT2D eigenvalue weighted by Gasteiger charge is -2.11. The Balaban J connectivity index is 1.76. The van der Waals surface area contributed by atoms with Gasteiger partial charge >= 0.3 is 5.97 Å². The first kappa shape index (κ1) is 19.9. The molecule has 0 unspecified atom stereocenters. The van der Waals surface area contributed by atoms with E-state index in [-0.39, 0.29) is 29.8 Å². The normalized spacial score (nSPS) is 18.2. The molecule has 0 bridgehead atoms. The average Bonchev–Trinajstić information content (AvgIpc) is 2.91. The van der Waals surface area contributed by atoms with Gasteiger partial charge in [-0.2, -0.15) is 0 Å². The summed E-state index contributed by atoms with van der Waals surface area (Å²) >= 11 is 0. The largest absolute Gasteiger partial charge is 0.456 e. The molecule has 1 heterocycles. The molecule has 2 amide bonds. The maximum atomic E-state index is 11.8. The quantitative estimate of drug-likeness (QED) is 0.725. The van der Waals surface area contributed by atoms with Crippen LogP contribution < -0.4 is 5.32 Å². The molecule has 142 valence electrons. The molecule has 8 nitrogen and oxygen atoms in total. The van der Waals surface area contributed by atoms with Gasteiger partial charge in [0.25, 0.3) is 11.8 Å². The third-order valence-electron chi connectivity index (χ3n) is 3.97. The number of benzene rings is 1. The van der Waals surface area contributed by atoms with E-state index in [9.17, 15) is 22.8 Å². The average molecular weight is 382 g/mol. The highest BCUT2D eigenvalue weighted by atomic mass is 32.2. The van der Waals surface area contributed by atoms with E-state index in [2.05, 4.69) is 5.32 Å². The van der Waals surface area contributed by atoms with Crippen LogP contribution in [0.5, 0.6) is 0 Å². The number of carbonyl (C=O) groups excluding carboxylic acids is 3. The van der Waals surface area contributed by atoms with E-state index < -0.39 is 28.3 Å². The topological polar surface area (TPSA) is 110 Å². The molecular formula is C17H22N2O6S. The second-order valence-electron chi connectivity index (χ2n) is 6.46. The van der Waals surface area contributed by atoms with Gasteiger partial charge in [-0.05, 0) is 36.6 Å². The summed E-state index contributed by atoms with van der Waals surface area (Å²) in [6, 6.07) is 6.34. The molecule has 1 aliphatic rings. The minimum atomic E-state index is -3.04. The Hall–Kier alpha value is -2.42. The molecule has 1 fully saturated rings. The van der Waals surface area contributed by atoms with E-state index >= 15 is 0 Å². The van der Waals surface area contributed by atoms with Crippen LogP contribution in [0.25, 0.3) is 0 Å². The van der Waals surface area contributed by atoms with Crippen LogP contribution in [0.3, 0.4) is 0 Å². The lowest BCUT2D eigenvalue weighted by Crippen LogP contribution is -2.23. The lowest BCUT2D eigenvalue weighted by atomic mass is 10.1. The molecule has 1 aromatic rings. The van der Waals surface area contributed by atoms with Gasteiger partial charge < -0.3 is 15.0 Å². The van der Waals surface area contributed by atoms with Crippen LogP contribution in [-0.2, 0) is 24.2 Å². The molecule has 1 saturated heterocycles. The number of amides is 2. The molecule has 1 aromatic carbocycles. The van der Waals surface area contributed by atoms with Crippen LogP contribution in [0.4, 0.5) is 5.69 Å². The van der Waals surface area contributed by atoms with Crippen molar-refractivity contribution in [2.75, 3.05) is 37.5 Å². The number of esters is 1. The Morgan fingerprint density at radius 1 is 1.19 bits per heavy atom. The summed E-state index contributed by atoms with van der Waals surface area (Å²) in [5.74, 6) is -1.40. The van der Waals surface area contributed by atoms with Crippen LogP contribution in [-0.4, -0.2) is 63.3 Å². The van der Waals surface area contributed by atoms with Gasteiger partial charge in [-0.3, -0.25) is 14.4 Å². The Morgan fingerprint density at radius 3 is 2.38 bits per heavy atom. The molecule has 0 saturated carbocycles. The van der Waals surface area contributed by atoms with Gasteiger partial charge in [0, 0.05) is 31.8 Å². The number of anilines is 1. The highest BCUT2D eigenvalue weighted by Gasteiger charge is 2.30. The van der Waals surface area contributed by atoms with Crippen LogP contribution in [0.1, 0.15) is 23.2 Å². The standard InChI is InChI=1S/C17H22N2O6S/c1-19(2)17(22)13-3-5-14(6-4-13)18-15(20)10-25-16(21)9-12-7-8-26(23,24)11-12/h3-6,12H,7-11H2,1-2H3,(H,18,20)/t12-/m0/s1. The van der Waals surface area contributed by atoms with Gasteiger partial charge in [-0.15, -0.1) is 0 Å². The summed E-state index contributed by atoms with van der Waals surface area (Å²) < 4.78 is 27.6. The summed E-state index contributed by atoms with van der Waals surface area (Å²) in [5.41, 5.74) is 0.967. The molecule has 0 radical (unpaired) electrons. The van der Waals surface area contributed by atoms with Gasteiger partial charge in [-0.25, -0.2) is 8.42 Å². The van der Waals surface area contributed by atoms with Crippen molar-refractivity contribution in [2.45, 2.75) is 12.8 Å². The fraction of sp³-hybridized carbons (Fsp3) is 0.471. The van der Waals surface area contributed by atoms with E-state index in [0.717, 1.165) is 0 Å². The highest BCUT2D eigenvalue weighted by molar-refractivity contribution is 7.91. The van der Waals surface area contributed by atoms with Crippen molar-refractivity contribution >= 4 is 33.3 Å². The van der Waals surface area contributed by atoms with E-state index in [1.165, 1.54) is 4.90 Å². The zero-order valence-corrected chi connectivity index (χ0v) is 15.5. The molecule has 1 N–H and O–H groups in total. The molecule has 26 heavy (non-hydrogen) atoms. The van der Waals surface area contributed by atoms with Gasteiger partial charge in [0.1, 0.15) is 0 Å². The Labute approximate surface area is 152 Å². The molecule has 0 spiro atoms. The third-order valence-corrected chi connectivity index (χ3v) is 5.81. The predicted octanol–water partition coefficient (Wildman–Crippen LogP) is 0.695. The van der Waals surface area contributed by atoms with Crippen molar-refractivity contribution in [3.8, 4) is 0 Å². The number of hydrogen-bond acceptors (Lipinski definition) is 6. The third kappa shape index (κ3) is 5.83. The van der Waals surface area contributed by atoms with E-state index in [4.69, 9.17) is 4.74 Å². The minimum absolute atomic E-state index is 0.00610. The van der Waals surface area contributed by atoms with Crippen LogP contribution in [0.2, 0.25) is 0 Å². The van der Waals surface area contributed by atoms with E-state index in [1.807, 2.05) is 0 Å². The predicted molar refractivity (Wildman–Crippen MR) is 95.4 cm³/mol. The number of nitrogens with zero attached hydrogens (tertiary/aromatic N) is 1. The van der Waals surface area contributed by atoms with Crippen LogP contribution in [0.15, 0.2) is 24.3 Å². The van der Waals surface area contributed by atoms with E-state index in [1.54, 1.807) is 38.4 Å². The summed E-state index contributed by atoms with van der Waals surface area (Å²) in [6.07, 6.45) is 0.440. The van der Waals surface area contributed by atoms with Gasteiger partial charge in [0.15, 0.2) is 16.4 Å². The number of rotatable bonds is 6. The molecule has 9 heteroatoms. The first-order chi connectivity index (χ1) is 12.2. The number of hydrogen-bond donors (Lipinski definition) is 1. The smallest absolute Gasteiger partial charge is 0.306 e. The minimum Gasteiger partial charge on any atom is -0.456 e. The van der Waals surface area contributed by atoms with Crippen LogP contribution >= 0.6 is 0 Å². The van der Waals surface area contributed by atoms with Crippen molar-refractivity contribution in [3.05, 3.63) is 29.8 Å². The molecule has 1 aliphatic heterocycles. The SMILES string of the molecule is CN(C)C(=O)c1ccc(NC(=O)COC(=O)C[C@@H]2CCS(=O)(=O)C2)cc1. The molecule has 0 aliphatic carbocycles. The molecule has 1 atom stereocenters. The first-order valence-corrected chi connectivity index (χ1v) is 9.96. The molecule has 0 aromatic heterocycles. The summed E-state index contributed by atoms with van der Waals surface area (Å²) in [5, 5.41) is 2.56. The maximum absolute atomic E-state index is 11.8. The first-order valence-electron chi connectivity index (χ1n) is 8.14. The van der Waals surface area contributed by atoms with E-state index in [0.29, 0.717) is 17.7 Å². The fourth-order valence-corrected chi connectivity index (χ4v) is 4.49. The summed E-state index contributed by atoms with van der Waals surface area (Å²) in [7, 11) is 0.250. The zero-order chi connectivity index (χ0) is 19.3. The Kier molecular flexibility index (Phi) is 6.36. The van der Waals surface area contributed by atoms with Crippen molar-refractivity contribution in [1.82, 2.24) is 4.90 Å². The lowest BCUT2D eigenvalue weighted by molar-refractivity contribution is -0.148. The maximum Gasteiger partial charge on any atom is 0.306 e.